The van der Waals surface area contributed by atoms with Crippen molar-refractivity contribution in [1.29, 1.82) is 0 Å². The summed E-state index contributed by atoms with van der Waals surface area (Å²) in [5.74, 6) is 0. The van der Waals surface area contributed by atoms with Crippen LogP contribution in [0, 0.1) is 16.7 Å². The van der Waals surface area contributed by atoms with E-state index in [-0.39, 0.29) is 0 Å². The number of likely N-dealkylation sites (N-methyl/N-ethyl adjacent to an activating group) is 1. The van der Waals surface area contributed by atoms with Gasteiger partial charge in [0.2, 0.25) is 0 Å². The number of ether oxygens (including phenoxy) is 1. The van der Waals surface area contributed by atoms with E-state index in [0.29, 0.717) is 6.61 Å². The Hall–Kier alpha value is -0.680. The standard InChI is InChI=1S/C5H9N2O3/c1-6-2-3-10-5(4-6)7(8)9/h4-5H,2-3H2,1H3. The van der Waals surface area contributed by atoms with Crippen molar-refractivity contribution in [2.24, 2.45) is 0 Å². The van der Waals surface area contributed by atoms with Crippen LogP contribution in [0.2, 0.25) is 0 Å². The molecule has 0 aromatic carbocycles. The van der Waals surface area contributed by atoms with Gasteiger partial charge in [-0.25, -0.2) is 0 Å². The molecule has 5 heteroatoms. The maximum absolute atomic E-state index is 10.1. The minimum Gasteiger partial charge on any atom is -0.315 e. The van der Waals surface area contributed by atoms with Crippen LogP contribution in [-0.4, -0.2) is 36.3 Å². The summed E-state index contributed by atoms with van der Waals surface area (Å²) in [5.41, 5.74) is 0. The molecule has 1 atom stereocenters. The van der Waals surface area contributed by atoms with Gasteiger partial charge in [0.15, 0.2) is 0 Å². The fraction of sp³-hybridized carbons (Fsp3) is 0.800. The number of hydrogen-bond donors (Lipinski definition) is 0. The van der Waals surface area contributed by atoms with E-state index < -0.39 is 11.2 Å². The van der Waals surface area contributed by atoms with Gasteiger partial charge >= 0.3 is 6.23 Å². The van der Waals surface area contributed by atoms with Crippen LogP contribution in [0.3, 0.4) is 0 Å². The van der Waals surface area contributed by atoms with Crippen LogP contribution in [0.4, 0.5) is 0 Å². The molecule has 1 unspecified atom stereocenters. The van der Waals surface area contributed by atoms with Crippen LogP contribution in [0.5, 0.6) is 0 Å². The smallest absolute Gasteiger partial charge is 0.315 e. The second kappa shape index (κ2) is 2.94. The minimum absolute atomic E-state index is 0.429. The van der Waals surface area contributed by atoms with E-state index in [9.17, 15) is 10.1 Å². The Balaban J connectivity index is 2.39. The molecule has 0 saturated carbocycles. The van der Waals surface area contributed by atoms with E-state index in [1.807, 2.05) is 0 Å². The zero-order chi connectivity index (χ0) is 7.56. The van der Waals surface area contributed by atoms with Gasteiger partial charge in [0.05, 0.1) is 11.5 Å². The van der Waals surface area contributed by atoms with E-state index in [0.717, 1.165) is 6.54 Å². The minimum atomic E-state index is -0.946. The molecule has 1 radical (unpaired) electrons. The van der Waals surface area contributed by atoms with Crippen LogP contribution in [0.1, 0.15) is 0 Å². The van der Waals surface area contributed by atoms with Crippen molar-refractivity contribution in [3.8, 4) is 0 Å². The molecule has 0 aliphatic carbocycles. The van der Waals surface area contributed by atoms with Gasteiger partial charge in [0, 0.05) is 6.54 Å². The highest BCUT2D eigenvalue weighted by molar-refractivity contribution is 4.72. The quantitative estimate of drug-likeness (QED) is 0.376. The van der Waals surface area contributed by atoms with Gasteiger partial charge in [-0.2, -0.15) is 0 Å². The van der Waals surface area contributed by atoms with Gasteiger partial charge in [-0.3, -0.25) is 15.0 Å². The summed E-state index contributed by atoms with van der Waals surface area (Å²) >= 11 is 0. The molecule has 10 heavy (non-hydrogen) atoms. The first-order chi connectivity index (χ1) is 4.70. The normalized spacial score (nSPS) is 28.3. The average molecular weight is 145 g/mol. The number of nitro groups is 1. The molecule has 1 saturated heterocycles. The van der Waals surface area contributed by atoms with Crippen molar-refractivity contribution < 1.29 is 9.66 Å². The number of hydrogen-bond acceptors (Lipinski definition) is 4. The lowest BCUT2D eigenvalue weighted by atomic mass is 10.4. The molecule has 1 aliphatic rings. The highest BCUT2D eigenvalue weighted by Crippen LogP contribution is 2.06. The first-order valence-electron chi connectivity index (χ1n) is 3.00. The van der Waals surface area contributed by atoms with E-state index in [1.165, 1.54) is 6.54 Å². The van der Waals surface area contributed by atoms with Crippen LogP contribution in [0.25, 0.3) is 0 Å². The zero-order valence-corrected chi connectivity index (χ0v) is 5.69. The third kappa shape index (κ3) is 1.65. The topological polar surface area (TPSA) is 55.6 Å². The molecule has 5 nitrogen and oxygen atoms in total. The molecule has 1 fully saturated rings. The Morgan fingerprint density at radius 3 is 3.00 bits per heavy atom. The predicted molar refractivity (Wildman–Crippen MR) is 33.7 cm³/mol. The summed E-state index contributed by atoms with van der Waals surface area (Å²) in [6, 6.07) is 0. The van der Waals surface area contributed by atoms with Crippen LogP contribution < -0.4 is 0 Å². The highest BCUT2D eigenvalue weighted by Gasteiger charge is 2.27. The zero-order valence-electron chi connectivity index (χ0n) is 5.69. The second-order valence-electron chi connectivity index (χ2n) is 2.18. The van der Waals surface area contributed by atoms with Crippen molar-refractivity contribution in [2.75, 3.05) is 20.2 Å². The summed E-state index contributed by atoms with van der Waals surface area (Å²) in [7, 11) is 1.79. The molecule has 1 rings (SSSR count). The molecular weight excluding hydrogens is 136 g/mol. The summed E-state index contributed by atoms with van der Waals surface area (Å²) in [4.78, 5) is 11.4. The predicted octanol–water partition coefficient (Wildman–Crippen LogP) is -0.287. The van der Waals surface area contributed by atoms with Crippen molar-refractivity contribution in [3.05, 3.63) is 16.7 Å². The molecule has 57 valence electrons. The fourth-order valence-corrected chi connectivity index (χ4v) is 0.768. The van der Waals surface area contributed by atoms with Gasteiger partial charge in [-0.05, 0) is 7.05 Å². The molecule has 0 spiro atoms. The van der Waals surface area contributed by atoms with E-state index in [1.54, 1.807) is 11.9 Å². The molecular formula is C5H9N2O3. The van der Waals surface area contributed by atoms with Gasteiger partial charge in [0.25, 0.3) is 0 Å². The lowest BCUT2D eigenvalue weighted by Crippen LogP contribution is -2.39. The monoisotopic (exact) mass is 145 g/mol. The molecule has 0 aromatic heterocycles. The Labute approximate surface area is 58.7 Å². The Bertz CT molecular complexity index is 139. The van der Waals surface area contributed by atoms with Crippen LogP contribution in [0.15, 0.2) is 0 Å². The largest absolute Gasteiger partial charge is 0.332 e. The molecule has 0 N–H and O–H groups in total. The molecule has 0 amide bonds. The second-order valence-corrected chi connectivity index (χ2v) is 2.18. The van der Waals surface area contributed by atoms with Gasteiger partial charge in [0.1, 0.15) is 6.54 Å². The first kappa shape index (κ1) is 7.43. The average Bonchev–Trinajstić information content (AvgIpc) is 1.88. The van der Waals surface area contributed by atoms with E-state index >= 15 is 0 Å². The third-order valence-electron chi connectivity index (χ3n) is 1.32. The number of morpholine rings is 1. The summed E-state index contributed by atoms with van der Waals surface area (Å²) in [6.45, 7) is 2.62. The van der Waals surface area contributed by atoms with Gasteiger partial charge < -0.3 is 4.74 Å². The summed E-state index contributed by atoms with van der Waals surface area (Å²) in [5, 5.41) is 10.1. The first-order valence-corrected chi connectivity index (χ1v) is 3.00. The van der Waals surface area contributed by atoms with Crippen LogP contribution in [-0.2, 0) is 4.74 Å². The maximum Gasteiger partial charge on any atom is 0.332 e. The Morgan fingerprint density at radius 2 is 2.60 bits per heavy atom. The van der Waals surface area contributed by atoms with E-state index in [4.69, 9.17) is 4.74 Å². The molecule has 0 bridgehead atoms. The van der Waals surface area contributed by atoms with Crippen LogP contribution >= 0.6 is 0 Å². The number of rotatable bonds is 1. The number of nitrogens with zero attached hydrogens (tertiary/aromatic N) is 2. The third-order valence-corrected chi connectivity index (χ3v) is 1.32. The molecule has 1 heterocycles. The lowest BCUT2D eigenvalue weighted by molar-refractivity contribution is -0.572. The Morgan fingerprint density at radius 1 is 1.90 bits per heavy atom. The van der Waals surface area contributed by atoms with Gasteiger partial charge in [-0.1, -0.05) is 0 Å². The van der Waals surface area contributed by atoms with Crippen molar-refractivity contribution >= 4 is 0 Å². The van der Waals surface area contributed by atoms with E-state index in [2.05, 4.69) is 0 Å². The fourth-order valence-electron chi connectivity index (χ4n) is 0.768. The van der Waals surface area contributed by atoms with Crippen molar-refractivity contribution in [1.82, 2.24) is 4.90 Å². The van der Waals surface area contributed by atoms with Crippen molar-refractivity contribution in [3.63, 3.8) is 0 Å². The molecule has 1 aliphatic heterocycles. The van der Waals surface area contributed by atoms with Crippen molar-refractivity contribution in [2.45, 2.75) is 6.23 Å². The summed E-state index contributed by atoms with van der Waals surface area (Å²) in [6.07, 6.45) is -0.946. The van der Waals surface area contributed by atoms with Gasteiger partial charge in [-0.15, -0.1) is 0 Å². The lowest BCUT2D eigenvalue weighted by Gasteiger charge is -2.23. The SMILES string of the molecule is CN1[CH]C([N+](=O)[O-])OCC1. The summed E-state index contributed by atoms with van der Waals surface area (Å²) < 4.78 is 4.81. The highest BCUT2D eigenvalue weighted by atomic mass is 16.7. The maximum atomic E-state index is 10.1. The molecule has 0 aromatic rings. The Kier molecular flexibility index (Phi) is 2.18.